The first-order chi connectivity index (χ1) is 15.0. The number of hydrogen-bond acceptors (Lipinski definition) is 4. The van der Waals surface area contributed by atoms with Gasteiger partial charge in [0.2, 0.25) is 9.84 Å². The standard InChI is InChI=1S/C26H22O2S3/c1-29-25-9-5-3-7-23(25)19-11-15-21(16-12-19)31(27,28)22-17-13-20(14-18-22)24-8-4-6-10-26(24)30-2/h3-18H,1-2H3. The molecule has 156 valence electrons. The predicted molar refractivity (Wildman–Crippen MR) is 133 cm³/mol. The normalized spacial score (nSPS) is 11.4. The fourth-order valence-electron chi connectivity index (χ4n) is 3.53. The van der Waals surface area contributed by atoms with E-state index in [0.29, 0.717) is 9.79 Å². The molecule has 0 bridgehead atoms. The van der Waals surface area contributed by atoms with Gasteiger partial charge in [0.25, 0.3) is 0 Å². The molecule has 4 aromatic carbocycles. The average Bonchev–Trinajstić information content (AvgIpc) is 2.84. The Morgan fingerprint density at radius 3 is 1.23 bits per heavy atom. The van der Waals surface area contributed by atoms with E-state index < -0.39 is 9.84 Å². The third-order valence-electron chi connectivity index (χ3n) is 5.17. The van der Waals surface area contributed by atoms with Crippen LogP contribution in [0.5, 0.6) is 0 Å². The summed E-state index contributed by atoms with van der Waals surface area (Å²) in [6.45, 7) is 0. The minimum atomic E-state index is -3.58. The van der Waals surface area contributed by atoms with Gasteiger partial charge in [-0.3, -0.25) is 0 Å². The summed E-state index contributed by atoms with van der Waals surface area (Å²) in [4.78, 5) is 2.93. The Hall–Kier alpha value is -2.47. The van der Waals surface area contributed by atoms with Gasteiger partial charge in [0.15, 0.2) is 0 Å². The quantitative estimate of drug-likeness (QED) is 0.282. The van der Waals surface area contributed by atoms with Gasteiger partial charge in [-0.25, -0.2) is 8.42 Å². The van der Waals surface area contributed by atoms with Crippen LogP contribution in [0, 0.1) is 0 Å². The van der Waals surface area contributed by atoms with Crippen molar-refractivity contribution in [3.05, 3.63) is 97.1 Å². The molecule has 0 fully saturated rings. The highest BCUT2D eigenvalue weighted by molar-refractivity contribution is 7.99. The molecule has 4 aromatic rings. The van der Waals surface area contributed by atoms with Crippen molar-refractivity contribution >= 4 is 33.4 Å². The van der Waals surface area contributed by atoms with E-state index in [9.17, 15) is 8.42 Å². The van der Waals surface area contributed by atoms with Crippen LogP contribution >= 0.6 is 23.5 Å². The summed E-state index contributed by atoms with van der Waals surface area (Å²) in [7, 11) is -3.58. The zero-order valence-electron chi connectivity index (χ0n) is 17.3. The first-order valence-corrected chi connectivity index (χ1v) is 13.7. The Morgan fingerprint density at radius 1 is 0.516 bits per heavy atom. The Balaban J connectivity index is 1.64. The van der Waals surface area contributed by atoms with Crippen LogP contribution in [0.3, 0.4) is 0 Å². The number of rotatable bonds is 6. The lowest BCUT2D eigenvalue weighted by atomic mass is 10.1. The second-order valence-electron chi connectivity index (χ2n) is 6.95. The van der Waals surface area contributed by atoms with Gasteiger partial charge in [-0.05, 0) is 71.2 Å². The van der Waals surface area contributed by atoms with Gasteiger partial charge in [-0.2, -0.15) is 0 Å². The molecule has 0 aliphatic heterocycles. The Morgan fingerprint density at radius 2 is 0.871 bits per heavy atom. The van der Waals surface area contributed by atoms with Crippen LogP contribution in [0.15, 0.2) is 117 Å². The molecule has 0 heterocycles. The molecule has 0 aromatic heterocycles. The molecular weight excluding hydrogens is 440 g/mol. The molecule has 0 spiro atoms. The molecule has 0 saturated heterocycles. The van der Waals surface area contributed by atoms with Crippen LogP contribution in [0.2, 0.25) is 0 Å². The zero-order valence-corrected chi connectivity index (χ0v) is 19.7. The summed E-state index contributed by atoms with van der Waals surface area (Å²) in [6, 6.07) is 30.6. The summed E-state index contributed by atoms with van der Waals surface area (Å²) >= 11 is 3.36. The van der Waals surface area contributed by atoms with Crippen molar-refractivity contribution in [3.63, 3.8) is 0 Å². The third kappa shape index (κ3) is 4.45. The maximum absolute atomic E-state index is 13.2. The number of hydrogen-bond donors (Lipinski definition) is 0. The van der Waals surface area contributed by atoms with Gasteiger partial charge in [0, 0.05) is 9.79 Å². The monoisotopic (exact) mass is 462 g/mol. The lowest BCUT2D eigenvalue weighted by molar-refractivity contribution is 0.596. The smallest absolute Gasteiger partial charge is 0.206 e. The highest BCUT2D eigenvalue weighted by atomic mass is 32.2. The van der Waals surface area contributed by atoms with E-state index in [4.69, 9.17) is 0 Å². The van der Waals surface area contributed by atoms with Crippen LogP contribution in [-0.2, 0) is 9.84 Å². The summed E-state index contributed by atoms with van der Waals surface area (Å²) < 4.78 is 26.3. The van der Waals surface area contributed by atoms with Gasteiger partial charge < -0.3 is 0 Å². The molecule has 0 aliphatic carbocycles. The highest BCUT2D eigenvalue weighted by Gasteiger charge is 2.18. The zero-order chi connectivity index (χ0) is 21.8. The number of benzene rings is 4. The Kier molecular flexibility index (Phi) is 6.56. The van der Waals surface area contributed by atoms with Gasteiger partial charge in [0.1, 0.15) is 0 Å². The molecule has 0 amide bonds. The van der Waals surface area contributed by atoms with Crippen LogP contribution < -0.4 is 0 Å². The van der Waals surface area contributed by atoms with E-state index in [-0.39, 0.29) is 0 Å². The van der Waals surface area contributed by atoms with E-state index in [1.54, 1.807) is 47.8 Å². The van der Waals surface area contributed by atoms with Crippen molar-refractivity contribution < 1.29 is 8.42 Å². The molecule has 0 radical (unpaired) electrons. The summed E-state index contributed by atoms with van der Waals surface area (Å²) in [6.07, 6.45) is 4.08. The Labute approximate surface area is 192 Å². The molecule has 0 aliphatic rings. The minimum Gasteiger partial charge on any atom is -0.219 e. The van der Waals surface area contributed by atoms with Gasteiger partial charge in [0.05, 0.1) is 9.79 Å². The van der Waals surface area contributed by atoms with E-state index in [2.05, 4.69) is 24.3 Å². The van der Waals surface area contributed by atoms with E-state index in [1.165, 1.54) is 9.79 Å². The topological polar surface area (TPSA) is 34.1 Å². The van der Waals surface area contributed by atoms with Crippen molar-refractivity contribution in [1.29, 1.82) is 0 Å². The molecule has 2 nitrogen and oxygen atoms in total. The molecule has 5 heteroatoms. The van der Waals surface area contributed by atoms with Gasteiger partial charge >= 0.3 is 0 Å². The summed E-state index contributed by atoms with van der Waals surface area (Å²) in [5.41, 5.74) is 4.23. The SMILES string of the molecule is CSc1ccccc1-c1ccc(S(=O)(=O)c2ccc(-c3ccccc3SC)cc2)cc1. The maximum atomic E-state index is 13.2. The first kappa shape index (κ1) is 21.8. The van der Waals surface area contributed by atoms with Crippen molar-refractivity contribution in [1.82, 2.24) is 0 Å². The molecule has 0 atom stereocenters. The largest absolute Gasteiger partial charge is 0.219 e. The first-order valence-electron chi connectivity index (χ1n) is 9.76. The molecule has 0 saturated carbocycles. The van der Waals surface area contributed by atoms with Crippen molar-refractivity contribution in [2.24, 2.45) is 0 Å². The predicted octanol–water partition coefficient (Wildman–Crippen LogP) is 7.30. The van der Waals surface area contributed by atoms with Crippen molar-refractivity contribution in [2.45, 2.75) is 19.6 Å². The van der Waals surface area contributed by atoms with Crippen LogP contribution in [-0.4, -0.2) is 20.9 Å². The second kappa shape index (κ2) is 9.35. The van der Waals surface area contributed by atoms with Gasteiger partial charge in [-0.1, -0.05) is 60.7 Å². The van der Waals surface area contributed by atoms with E-state index in [1.807, 2.05) is 61.0 Å². The summed E-state index contributed by atoms with van der Waals surface area (Å²) in [5.74, 6) is 0. The molecular formula is C26H22O2S3. The van der Waals surface area contributed by atoms with Crippen molar-refractivity contribution in [3.8, 4) is 22.3 Å². The molecule has 0 N–H and O–H groups in total. The minimum absolute atomic E-state index is 0.301. The molecule has 4 rings (SSSR count). The lowest BCUT2D eigenvalue weighted by Gasteiger charge is -2.10. The lowest BCUT2D eigenvalue weighted by Crippen LogP contribution is -2.02. The van der Waals surface area contributed by atoms with Crippen LogP contribution in [0.1, 0.15) is 0 Å². The average molecular weight is 463 g/mol. The number of sulfone groups is 1. The van der Waals surface area contributed by atoms with E-state index >= 15 is 0 Å². The second-order valence-corrected chi connectivity index (χ2v) is 10.6. The fraction of sp³-hybridized carbons (Fsp3) is 0.0769. The fourth-order valence-corrected chi connectivity index (χ4v) is 6.03. The highest BCUT2D eigenvalue weighted by Crippen LogP contribution is 2.33. The molecule has 31 heavy (non-hydrogen) atoms. The Bertz CT molecular complexity index is 1200. The van der Waals surface area contributed by atoms with Crippen LogP contribution in [0.4, 0.5) is 0 Å². The molecule has 0 unspecified atom stereocenters. The summed E-state index contributed by atoms with van der Waals surface area (Å²) in [5, 5.41) is 0. The van der Waals surface area contributed by atoms with Crippen LogP contribution in [0.25, 0.3) is 22.3 Å². The van der Waals surface area contributed by atoms with Gasteiger partial charge in [-0.15, -0.1) is 23.5 Å². The maximum Gasteiger partial charge on any atom is 0.206 e. The number of thioether (sulfide) groups is 2. The van der Waals surface area contributed by atoms with Crippen molar-refractivity contribution in [2.75, 3.05) is 12.5 Å². The third-order valence-corrected chi connectivity index (χ3v) is 8.54. The van der Waals surface area contributed by atoms with E-state index in [0.717, 1.165) is 22.3 Å².